The van der Waals surface area contributed by atoms with Crippen LogP contribution in [0.2, 0.25) is 0 Å². The molecule has 0 aliphatic heterocycles. The van der Waals surface area contributed by atoms with E-state index >= 15 is 0 Å². The second-order valence-electron chi connectivity index (χ2n) is 5.52. The summed E-state index contributed by atoms with van der Waals surface area (Å²) in [5, 5.41) is 1.10. The fourth-order valence-electron chi connectivity index (χ4n) is 3.24. The monoisotopic (exact) mass is 275 g/mol. The third-order valence-electron chi connectivity index (χ3n) is 4.55. The minimum Gasteiger partial charge on any atom is -0.383 e. The van der Waals surface area contributed by atoms with Gasteiger partial charge in [0.05, 0.1) is 5.39 Å². The molecule has 4 rings (SSSR count). The first-order valence-electron chi connectivity index (χ1n) is 6.87. The predicted octanol–water partition coefficient (Wildman–Crippen LogP) is 2.79. The average Bonchev–Trinajstić information content (AvgIpc) is 2.87. The number of rotatable bonds is 2. The van der Waals surface area contributed by atoms with Crippen LogP contribution in [0.25, 0.3) is 10.2 Å². The number of fused-ring (bicyclic) bond motifs is 3. The molecule has 1 fully saturated rings. The maximum absolute atomic E-state index is 6.20. The van der Waals surface area contributed by atoms with Gasteiger partial charge in [-0.25, -0.2) is 9.97 Å². The summed E-state index contributed by atoms with van der Waals surface area (Å²) >= 11 is 1.79. The van der Waals surface area contributed by atoms with Crippen molar-refractivity contribution in [1.82, 2.24) is 9.97 Å². The van der Waals surface area contributed by atoms with Crippen molar-refractivity contribution < 1.29 is 4.74 Å². The van der Waals surface area contributed by atoms with Crippen molar-refractivity contribution in [3.8, 4) is 0 Å². The van der Waals surface area contributed by atoms with E-state index in [1.165, 1.54) is 29.7 Å². The minimum atomic E-state index is -0.281. The lowest BCUT2D eigenvalue weighted by Crippen LogP contribution is -2.38. The highest BCUT2D eigenvalue weighted by atomic mass is 32.1. The maximum atomic E-state index is 6.20. The van der Waals surface area contributed by atoms with Crippen LogP contribution in [0.1, 0.15) is 41.9 Å². The van der Waals surface area contributed by atoms with Crippen molar-refractivity contribution >= 4 is 27.4 Å². The molecule has 2 N–H and O–H groups in total. The Morgan fingerprint density at radius 1 is 1.21 bits per heavy atom. The van der Waals surface area contributed by atoms with Gasteiger partial charge in [0.2, 0.25) is 0 Å². The molecule has 2 aromatic heterocycles. The minimum absolute atomic E-state index is 0.281. The largest absolute Gasteiger partial charge is 0.383 e. The number of nitrogens with two attached hydrogens (primary N) is 1. The van der Waals surface area contributed by atoms with E-state index in [1.807, 2.05) is 0 Å². The number of aryl methyl sites for hydroxylation is 2. The second kappa shape index (κ2) is 3.90. The lowest BCUT2D eigenvalue weighted by molar-refractivity contribution is -0.0842. The van der Waals surface area contributed by atoms with Crippen LogP contribution in [0.5, 0.6) is 0 Å². The van der Waals surface area contributed by atoms with E-state index in [0.717, 1.165) is 35.3 Å². The van der Waals surface area contributed by atoms with Gasteiger partial charge in [0.15, 0.2) is 5.82 Å². The molecule has 2 aromatic rings. The molecule has 1 saturated carbocycles. The van der Waals surface area contributed by atoms with Crippen molar-refractivity contribution in [3.63, 3.8) is 0 Å². The molecule has 0 radical (unpaired) electrons. The van der Waals surface area contributed by atoms with Crippen molar-refractivity contribution in [3.05, 3.63) is 16.3 Å². The van der Waals surface area contributed by atoms with Gasteiger partial charge in [-0.15, -0.1) is 11.3 Å². The van der Waals surface area contributed by atoms with Crippen LogP contribution in [-0.2, 0) is 23.2 Å². The van der Waals surface area contributed by atoms with Gasteiger partial charge in [0.25, 0.3) is 0 Å². The molecule has 0 saturated heterocycles. The van der Waals surface area contributed by atoms with Crippen LogP contribution in [0.3, 0.4) is 0 Å². The van der Waals surface area contributed by atoms with Gasteiger partial charge in [-0.1, -0.05) is 0 Å². The highest BCUT2D eigenvalue weighted by Crippen LogP contribution is 2.45. The summed E-state index contributed by atoms with van der Waals surface area (Å²) in [6, 6.07) is 0. The van der Waals surface area contributed by atoms with E-state index in [9.17, 15) is 0 Å². The Labute approximate surface area is 116 Å². The number of aromatic nitrogens is 2. The second-order valence-corrected chi connectivity index (χ2v) is 6.61. The van der Waals surface area contributed by atoms with E-state index < -0.39 is 0 Å². The fourth-order valence-corrected chi connectivity index (χ4v) is 4.51. The summed E-state index contributed by atoms with van der Waals surface area (Å²) in [6.45, 7) is 0. The average molecular weight is 275 g/mol. The first-order chi connectivity index (χ1) is 9.23. The number of thiophene rings is 1. The molecule has 0 amide bonds. The van der Waals surface area contributed by atoms with Gasteiger partial charge in [-0.05, 0) is 44.1 Å². The first kappa shape index (κ1) is 11.6. The van der Waals surface area contributed by atoms with Crippen molar-refractivity contribution in [2.45, 2.75) is 44.1 Å². The van der Waals surface area contributed by atoms with Gasteiger partial charge in [0, 0.05) is 12.0 Å². The first-order valence-corrected chi connectivity index (χ1v) is 7.68. The molecule has 2 aliphatic carbocycles. The molecule has 0 aromatic carbocycles. The molecular formula is C14H17N3OS. The number of hydrogen-bond donors (Lipinski definition) is 1. The number of methoxy groups -OCH3 is 1. The zero-order chi connectivity index (χ0) is 13.0. The molecule has 2 heterocycles. The highest BCUT2D eigenvalue weighted by Gasteiger charge is 2.42. The molecule has 0 unspecified atom stereocenters. The highest BCUT2D eigenvalue weighted by molar-refractivity contribution is 7.19. The Balaban J connectivity index is 1.92. The maximum Gasteiger partial charge on any atom is 0.164 e. The van der Waals surface area contributed by atoms with E-state index in [2.05, 4.69) is 4.98 Å². The summed E-state index contributed by atoms with van der Waals surface area (Å²) < 4.78 is 5.67. The number of nitrogens with zero attached hydrogens (tertiary/aromatic N) is 2. The lowest BCUT2D eigenvalue weighted by Gasteiger charge is -2.38. The number of nitrogen functional groups attached to an aromatic ring is 1. The van der Waals surface area contributed by atoms with Gasteiger partial charge < -0.3 is 10.5 Å². The van der Waals surface area contributed by atoms with Crippen molar-refractivity contribution in [2.24, 2.45) is 0 Å². The molecule has 0 spiro atoms. The molecule has 4 nitrogen and oxygen atoms in total. The Morgan fingerprint density at radius 3 is 2.74 bits per heavy atom. The fraction of sp³-hybridized carbons (Fsp3) is 0.571. The predicted molar refractivity (Wildman–Crippen MR) is 76.4 cm³/mol. The Hall–Kier alpha value is -1.20. The summed E-state index contributed by atoms with van der Waals surface area (Å²) in [6.07, 6.45) is 6.70. The van der Waals surface area contributed by atoms with Gasteiger partial charge in [-0.3, -0.25) is 0 Å². The third-order valence-corrected chi connectivity index (χ3v) is 5.74. The molecule has 5 heteroatoms. The molecule has 0 bridgehead atoms. The number of anilines is 1. The Morgan fingerprint density at radius 2 is 2.05 bits per heavy atom. The molecular weight excluding hydrogens is 258 g/mol. The van der Waals surface area contributed by atoms with Gasteiger partial charge in [0.1, 0.15) is 16.2 Å². The molecule has 2 aliphatic rings. The van der Waals surface area contributed by atoms with E-state index in [0.29, 0.717) is 5.82 Å². The van der Waals surface area contributed by atoms with Crippen LogP contribution >= 0.6 is 11.3 Å². The quantitative estimate of drug-likeness (QED) is 0.915. The zero-order valence-electron chi connectivity index (χ0n) is 11.0. The number of ether oxygens (including phenoxy) is 1. The normalized spacial score (nSPS) is 20.5. The standard InChI is InChI=1S/C14H17N3OS/c1-18-14(6-3-7-14)13-16-11(15)10-8-4-2-5-9(8)19-12(10)17-13/h2-7H2,1H3,(H2,15,16,17). The SMILES string of the molecule is COC1(c2nc(N)c3c4c(sc3n2)CCC4)CCC1. The van der Waals surface area contributed by atoms with Crippen LogP contribution < -0.4 is 5.73 Å². The Kier molecular flexibility index (Phi) is 2.38. The lowest BCUT2D eigenvalue weighted by atomic mass is 9.79. The van der Waals surface area contributed by atoms with Crippen LogP contribution in [0.15, 0.2) is 0 Å². The van der Waals surface area contributed by atoms with Crippen LogP contribution in [0.4, 0.5) is 5.82 Å². The zero-order valence-corrected chi connectivity index (χ0v) is 11.8. The smallest absolute Gasteiger partial charge is 0.164 e. The topological polar surface area (TPSA) is 61.0 Å². The molecule has 19 heavy (non-hydrogen) atoms. The van der Waals surface area contributed by atoms with Crippen molar-refractivity contribution in [1.29, 1.82) is 0 Å². The summed E-state index contributed by atoms with van der Waals surface area (Å²) in [5.41, 5.74) is 7.32. The third kappa shape index (κ3) is 1.48. The summed E-state index contributed by atoms with van der Waals surface area (Å²) in [5.74, 6) is 1.42. The number of hydrogen-bond acceptors (Lipinski definition) is 5. The summed E-state index contributed by atoms with van der Waals surface area (Å²) in [7, 11) is 1.75. The van der Waals surface area contributed by atoms with Gasteiger partial charge in [-0.2, -0.15) is 0 Å². The molecule has 100 valence electrons. The van der Waals surface area contributed by atoms with E-state index in [-0.39, 0.29) is 5.60 Å². The van der Waals surface area contributed by atoms with Crippen LogP contribution in [0, 0.1) is 0 Å². The summed E-state index contributed by atoms with van der Waals surface area (Å²) in [4.78, 5) is 11.8. The van der Waals surface area contributed by atoms with Gasteiger partial charge >= 0.3 is 0 Å². The van der Waals surface area contributed by atoms with E-state index in [4.69, 9.17) is 15.5 Å². The van der Waals surface area contributed by atoms with E-state index in [1.54, 1.807) is 18.4 Å². The van der Waals surface area contributed by atoms with Crippen LogP contribution in [-0.4, -0.2) is 17.1 Å². The van der Waals surface area contributed by atoms with Crippen molar-refractivity contribution in [2.75, 3.05) is 12.8 Å². The Bertz CT molecular complexity index is 655. The molecule has 0 atom stereocenters.